The van der Waals surface area contributed by atoms with E-state index < -0.39 is 5.54 Å². The summed E-state index contributed by atoms with van der Waals surface area (Å²) >= 11 is 0. The highest BCUT2D eigenvalue weighted by molar-refractivity contribution is 5.98. The molecule has 0 saturated carbocycles. The Morgan fingerprint density at radius 1 is 1.44 bits per heavy atom. The van der Waals surface area contributed by atoms with Crippen molar-refractivity contribution >= 4 is 11.6 Å². The van der Waals surface area contributed by atoms with Gasteiger partial charge in [-0.3, -0.25) is 4.79 Å². The molecule has 0 saturated heterocycles. The van der Waals surface area contributed by atoms with E-state index in [1.54, 1.807) is 19.9 Å². The number of rotatable bonds is 4. The quantitative estimate of drug-likeness (QED) is 0.816. The molecule has 88 valence electrons. The molecule has 0 spiro atoms. The van der Waals surface area contributed by atoms with Crippen molar-refractivity contribution < 1.29 is 9.53 Å². The molecular weight excluding hydrogens is 204 g/mol. The van der Waals surface area contributed by atoms with E-state index in [0.29, 0.717) is 18.0 Å². The van der Waals surface area contributed by atoms with Crippen LogP contribution in [0.15, 0.2) is 24.3 Å². The third-order valence-corrected chi connectivity index (χ3v) is 2.02. The summed E-state index contributed by atoms with van der Waals surface area (Å²) in [4.78, 5) is 11.7. The fourth-order valence-corrected chi connectivity index (χ4v) is 1.13. The molecule has 0 unspecified atom stereocenters. The van der Waals surface area contributed by atoms with E-state index >= 15 is 0 Å². The molecule has 0 aliphatic rings. The number of nitrogens with two attached hydrogens (primary N) is 1. The molecule has 0 aliphatic carbocycles. The van der Waals surface area contributed by atoms with E-state index in [-0.39, 0.29) is 5.91 Å². The Morgan fingerprint density at radius 2 is 2.06 bits per heavy atom. The van der Waals surface area contributed by atoms with E-state index in [1.807, 2.05) is 25.1 Å². The lowest BCUT2D eigenvalue weighted by molar-refractivity contribution is -0.120. The van der Waals surface area contributed by atoms with Gasteiger partial charge in [0.15, 0.2) is 0 Å². The van der Waals surface area contributed by atoms with Crippen molar-refractivity contribution in [2.24, 2.45) is 5.73 Å². The number of anilines is 1. The first kappa shape index (κ1) is 12.5. The normalized spacial score (nSPS) is 11.0. The Hall–Kier alpha value is -1.55. The molecule has 0 fully saturated rings. The van der Waals surface area contributed by atoms with Crippen LogP contribution in [0.4, 0.5) is 5.69 Å². The minimum Gasteiger partial charge on any atom is -0.492 e. The standard InChI is InChI=1S/C12H18N2O2/c1-4-16-10-8-6-5-7-9(10)14-11(15)12(2,3)13/h5-8H,4,13H2,1-3H3,(H,14,15). The van der Waals surface area contributed by atoms with Crippen molar-refractivity contribution in [2.45, 2.75) is 26.3 Å². The van der Waals surface area contributed by atoms with Crippen LogP contribution in [0.25, 0.3) is 0 Å². The summed E-state index contributed by atoms with van der Waals surface area (Å²) in [6.07, 6.45) is 0. The zero-order chi connectivity index (χ0) is 12.2. The predicted molar refractivity (Wildman–Crippen MR) is 64.5 cm³/mol. The first-order chi connectivity index (χ1) is 7.45. The van der Waals surface area contributed by atoms with Crippen LogP contribution in [0.2, 0.25) is 0 Å². The van der Waals surface area contributed by atoms with Gasteiger partial charge in [0.25, 0.3) is 0 Å². The van der Waals surface area contributed by atoms with Crippen molar-refractivity contribution in [2.75, 3.05) is 11.9 Å². The van der Waals surface area contributed by atoms with Crippen molar-refractivity contribution in [1.29, 1.82) is 0 Å². The van der Waals surface area contributed by atoms with Gasteiger partial charge in [-0.1, -0.05) is 12.1 Å². The van der Waals surface area contributed by atoms with E-state index in [2.05, 4.69) is 5.32 Å². The summed E-state index contributed by atoms with van der Waals surface area (Å²) in [5.74, 6) is 0.419. The average Bonchev–Trinajstić information content (AvgIpc) is 2.20. The van der Waals surface area contributed by atoms with Gasteiger partial charge in [-0.2, -0.15) is 0 Å². The fourth-order valence-electron chi connectivity index (χ4n) is 1.13. The third kappa shape index (κ3) is 3.24. The third-order valence-electron chi connectivity index (χ3n) is 2.02. The van der Waals surface area contributed by atoms with E-state index in [4.69, 9.17) is 10.5 Å². The van der Waals surface area contributed by atoms with Gasteiger partial charge in [0.1, 0.15) is 5.75 Å². The average molecular weight is 222 g/mol. The van der Waals surface area contributed by atoms with Crippen LogP contribution in [0.3, 0.4) is 0 Å². The second-order valence-electron chi connectivity index (χ2n) is 4.10. The number of hydrogen-bond acceptors (Lipinski definition) is 3. The van der Waals surface area contributed by atoms with Gasteiger partial charge < -0.3 is 15.8 Å². The monoisotopic (exact) mass is 222 g/mol. The molecule has 0 atom stereocenters. The Morgan fingerprint density at radius 3 is 2.62 bits per heavy atom. The summed E-state index contributed by atoms with van der Waals surface area (Å²) in [7, 11) is 0. The van der Waals surface area contributed by atoms with E-state index in [9.17, 15) is 4.79 Å². The van der Waals surface area contributed by atoms with Gasteiger partial charge in [-0.05, 0) is 32.9 Å². The molecule has 1 rings (SSSR count). The Kier molecular flexibility index (Phi) is 3.90. The first-order valence-corrected chi connectivity index (χ1v) is 5.27. The number of amides is 1. The molecule has 0 heterocycles. The molecule has 4 nitrogen and oxygen atoms in total. The molecule has 1 aromatic rings. The number of hydrogen-bond donors (Lipinski definition) is 2. The van der Waals surface area contributed by atoms with Crippen LogP contribution in [0.1, 0.15) is 20.8 Å². The highest BCUT2D eigenvalue weighted by Gasteiger charge is 2.22. The molecule has 0 aromatic heterocycles. The zero-order valence-corrected chi connectivity index (χ0v) is 9.91. The molecule has 0 bridgehead atoms. The maximum absolute atomic E-state index is 11.7. The van der Waals surface area contributed by atoms with Gasteiger partial charge >= 0.3 is 0 Å². The Labute approximate surface area is 95.8 Å². The SMILES string of the molecule is CCOc1ccccc1NC(=O)C(C)(C)N. The van der Waals surface area contributed by atoms with Crippen LogP contribution >= 0.6 is 0 Å². The Balaban J connectivity index is 2.84. The number of benzene rings is 1. The lowest BCUT2D eigenvalue weighted by atomic mass is 10.1. The smallest absolute Gasteiger partial charge is 0.243 e. The number of carbonyl (C=O) groups is 1. The lowest BCUT2D eigenvalue weighted by Gasteiger charge is -2.19. The predicted octanol–water partition coefficient (Wildman–Crippen LogP) is 1.76. The highest BCUT2D eigenvalue weighted by atomic mass is 16.5. The molecule has 0 aliphatic heterocycles. The first-order valence-electron chi connectivity index (χ1n) is 5.27. The van der Waals surface area contributed by atoms with E-state index in [1.165, 1.54) is 0 Å². The minimum atomic E-state index is -0.903. The lowest BCUT2D eigenvalue weighted by Crippen LogP contribution is -2.45. The molecule has 4 heteroatoms. The molecule has 16 heavy (non-hydrogen) atoms. The van der Waals surface area contributed by atoms with Crippen LogP contribution in [-0.2, 0) is 4.79 Å². The molecule has 0 radical (unpaired) electrons. The maximum atomic E-state index is 11.7. The minimum absolute atomic E-state index is 0.236. The van der Waals surface area contributed by atoms with Crippen molar-refractivity contribution in [3.05, 3.63) is 24.3 Å². The zero-order valence-electron chi connectivity index (χ0n) is 9.91. The van der Waals surface area contributed by atoms with Crippen LogP contribution in [0.5, 0.6) is 5.75 Å². The highest BCUT2D eigenvalue weighted by Crippen LogP contribution is 2.24. The van der Waals surface area contributed by atoms with Crippen LogP contribution < -0.4 is 15.8 Å². The van der Waals surface area contributed by atoms with Crippen molar-refractivity contribution in [3.63, 3.8) is 0 Å². The van der Waals surface area contributed by atoms with E-state index in [0.717, 1.165) is 0 Å². The van der Waals surface area contributed by atoms with Gasteiger partial charge in [0.05, 0.1) is 17.8 Å². The van der Waals surface area contributed by atoms with Gasteiger partial charge in [0, 0.05) is 0 Å². The fraction of sp³-hybridized carbons (Fsp3) is 0.417. The Bertz CT molecular complexity index is 370. The number of carbonyl (C=O) groups excluding carboxylic acids is 1. The number of nitrogens with one attached hydrogen (secondary N) is 1. The van der Waals surface area contributed by atoms with Gasteiger partial charge in [0.2, 0.25) is 5.91 Å². The number of para-hydroxylation sites is 2. The topological polar surface area (TPSA) is 64.3 Å². The second kappa shape index (κ2) is 4.99. The van der Waals surface area contributed by atoms with Crippen molar-refractivity contribution in [1.82, 2.24) is 0 Å². The molecule has 1 amide bonds. The summed E-state index contributed by atoms with van der Waals surface area (Å²) < 4.78 is 5.40. The summed E-state index contributed by atoms with van der Waals surface area (Å²) in [5, 5.41) is 2.75. The number of ether oxygens (including phenoxy) is 1. The van der Waals surface area contributed by atoms with Gasteiger partial charge in [-0.15, -0.1) is 0 Å². The molecular formula is C12H18N2O2. The second-order valence-corrected chi connectivity index (χ2v) is 4.10. The van der Waals surface area contributed by atoms with Gasteiger partial charge in [-0.25, -0.2) is 0 Å². The van der Waals surface area contributed by atoms with Crippen molar-refractivity contribution in [3.8, 4) is 5.75 Å². The van der Waals surface area contributed by atoms with Crippen LogP contribution in [0, 0.1) is 0 Å². The van der Waals surface area contributed by atoms with Crippen LogP contribution in [-0.4, -0.2) is 18.1 Å². The molecule has 1 aromatic carbocycles. The summed E-state index contributed by atoms with van der Waals surface area (Å²) in [5.41, 5.74) is 5.44. The molecule has 3 N–H and O–H groups in total. The summed E-state index contributed by atoms with van der Waals surface area (Å²) in [6, 6.07) is 7.28. The summed E-state index contributed by atoms with van der Waals surface area (Å²) in [6.45, 7) is 5.77. The largest absolute Gasteiger partial charge is 0.492 e. The maximum Gasteiger partial charge on any atom is 0.243 e.